The third-order valence-electron chi connectivity index (χ3n) is 3.76. The summed E-state index contributed by atoms with van der Waals surface area (Å²) in [6.07, 6.45) is 10.2. The molecule has 0 bridgehead atoms. The summed E-state index contributed by atoms with van der Waals surface area (Å²) in [7, 11) is 0. The van der Waals surface area contributed by atoms with Crippen LogP contribution in [0.5, 0.6) is 0 Å². The van der Waals surface area contributed by atoms with Gasteiger partial charge in [0, 0.05) is 12.0 Å². The van der Waals surface area contributed by atoms with Crippen LogP contribution in [0, 0.1) is 5.92 Å². The third-order valence-corrected chi connectivity index (χ3v) is 3.76. The van der Waals surface area contributed by atoms with Crippen LogP contribution in [0.4, 0.5) is 0 Å². The van der Waals surface area contributed by atoms with Crippen molar-refractivity contribution in [2.45, 2.75) is 97.9 Å². The summed E-state index contributed by atoms with van der Waals surface area (Å²) >= 11 is 0. The monoisotopic (exact) mass is 287 g/mol. The fraction of sp³-hybridized carbons (Fsp3) is 0.941. The van der Waals surface area contributed by atoms with Crippen molar-refractivity contribution in [2.24, 2.45) is 11.7 Å². The van der Waals surface area contributed by atoms with Gasteiger partial charge in [0.05, 0.1) is 0 Å². The summed E-state index contributed by atoms with van der Waals surface area (Å²) < 4.78 is 0. The Morgan fingerprint density at radius 1 is 1.05 bits per heavy atom. The second-order valence-electron chi connectivity index (χ2n) is 6.42. The first kappa shape index (κ1) is 21.7. The Bertz CT molecular complexity index is 222. The highest BCUT2D eigenvalue weighted by Gasteiger charge is 2.19. The zero-order chi connectivity index (χ0) is 16.0. The van der Waals surface area contributed by atoms with Gasteiger partial charge in [-0.1, -0.05) is 59.3 Å². The second-order valence-corrected chi connectivity index (χ2v) is 6.42. The van der Waals surface area contributed by atoms with E-state index in [2.05, 4.69) is 27.7 Å². The number of hydrogen-bond acceptors (Lipinski definition) is 2. The van der Waals surface area contributed by atoms with Gasteiger partial charge in [0.15, 0.2) is 0 Å². The molecule has 0 aromatic rings. The van der Waals surface area contributed by atoms with Crippen molar-refractivity contribution < 1.29 is 9.90 Å². The maximum atomic E-state index is 9.76. The maximum Gasteiger partial charge on any atom is 0.303 e. The average molecular weight is 287 g/mol. The Labute approximate surface area is 126 Å². The minimum Gasteiger partial charge on any atom is -0.481 e. The molecule has 1 unspecified atom stereocenters. The van der Waals surface area contributed by atoms with E-state index in [1.165, 1.54) is 38.5 Å². The zero-order valence-electron chi connectivity index (χ0n) is 14.4. The van der Waals surface area contributed by atoms with Crippen molar-refractivity contribution in [3.63, 3.8) is 0 Å². The van der Waals surface area contributed by atoms with E-state index in [1.807, 2.05) is 6.92 Å². The van der Waals surface area contributed by atoms with Gasteiger partial charge < -0.3 is 10.8 Å². The normalized spacial score (nSPS) is 12.5. The summed E-state index contributed by atoms with van der Waals surface area (Å²) in [6, 6.07) is 0. The highest BCUT2D eigenvalue weighted by Crippen LogP contribution is 2.20. The van der Waals surface area contributed by atoms with Crippen LogP contribution in [0.2, 0.25) is 0 Å². The van der Waals surface area contributed by atoms with Gasteiger partial charge in [-0.2, -0.15) is 0 Å². The van der Waals surface area contributed by atoms with Crippen molar-refractivity contribution in [2.75, 3.05) is 0 Å². The number of carbonyl (C=O) groups is 1. The number of hydrogen-bond donors (Lipinski definition) is 2. The maximum absolute atomic E-state index is 9.76. The van der Waals surface area contributed by atoms with Crippen LogP contribution in [0.25, 0.3) is 0 Å². The molecule has 122 valence electrons. The number of unbranched alkanes of at least 4 members (excludes halogenated alkanes) is 5. The molecule has 0 heterocycles. The quantitative estimate of drug-likeness (QED) is 0.557. The molecule has 20 heavy (non-hydrogen) atoms. The molecule has 3 nitrogen and oxygen atoms in total. The molecule has 0 aliphatic carbocycles. The van der Waals surface area contributed by atoms with Gasteiger partial charge in [0.25, 0.3) is 0 Å². The van der Waals surface area contributed by atoms with Gasteiger partial charge in [-0.05, 0) is 32.6 Å². The van der Waals surface area contributed by atoms with Gasteiger partial charge in [-0.25, -0.2) is 0 Å². The standard InChI is InChI=1S/C12H27N.C5H10O2/c1-5-6-7-8-9-10-11(2)12(3,4)13;1-2-3-4-5(6)7/h11H,5-10,13H2,1-4H3;2-4H2,1H3,(H,6,7). The largest absolute Gasteiger partial charge is 0.481 e. The van der Waals surface area contributed by atoms with Crippen molar-refractivity contribution in [3.05, 3.63) is 0 Å². The molecule has 1 atom stereocenters. The molecule has 0 aromatic carbocycles. The number of carboxylic acids is 1. The molecule has 0 saturated carbocycles. The van der Waals surface area contributed by atoms with E-state index in [1.54, 1.807) is 0 Å². The summed E-state index contributed by atoms with van der Waals surface area (Å²) in [5.74, 6) is -0.0454. The molecular weight excluding hydrogens is 250 g/mol. The van der Waals surface area contributed by atoms with Crippen LogP contribution < -0.4 is 5.73 Å². The van der Waals surface area contributed by atoms with Crippen LogP contribution in [0.3, 0.4) is 0 Å². The van der Waals surface area contributed by atoms with Gasteiger partial charge in [-0.3, -0.25) is 4.79 Å². The smallest absolute Gasteiger partial charge is 0.303 e. The molecule has 0 fully saturated rings. The summed E-state index contributed by atoms with van der Waals surface area (Å²) in [6.45, 7) is 10.8. The number of rotatable bonds is 10. The van der Waals surface area contributed by atoms with E-state index < -0.39 is 5.97 Å². The predicted octanol–water partition coefficient (Wildman–Crippen LogP) is 4.98. The molecule has 0 amide bonds. The van der Waals surface area contributed by atoms with E-state index in [0.717, 1.165) is 12.8 Å². The lowest BCUT2D eigenvalue weighted by molar-refractivity contribution is -0.137. The van der Waals surface area contributed by atoms with E-state index in [9.17, 15) is 4.79 Å². The lowest BCUT2D eigenvalue weighted by Crippen LogP contribution is -2.39. The molecule has 0 aliphatic rings. The van der Waals surface area contributed by atoms with Crippen LogP contribution >= 0.6 is 0 Å². The fourth-order valence-corrected chi connectivity index (χ4v) is 1.75. The molecule has 3 heteroatoms. The summed E-state index contributed by atoms with van der Waals surface area (Å²) in [5, 5.41) is 8.04. The van der Waals surface area contributed by atoms with Gasteiger partial charge in [0.2, 0.25) is 0 Å². The Hall–Kier alpha value is -0.570. The molecular formula is C17H37NO2. The first-order chi connectivity index (χ1) is 9.25. The minimum absolute atomic E-state index is 0.00472. The average Bonchev–Trinajstić information content (AvgIpc) is 2.35. The number of aliphatic carboxylic acids is 1. The zero-order valence-corrected chi connectivity index (χ0v) is 14.4. The number of carboxylic acid groups (broad SMARTS) is 1. The topological polar surface area (TPSA) is 63.3 Å². The van der Waals surface area contributed by atoms with Crippen molar-refractivity contribution >= 4 is 5.97 Å². The molecule has 0 rings (SSSR count). The molecule has 3 N–H and O–H groups in total. The lowest BCUT2D eigenvalue weighted by Gasteiger charge is -2.27. The first-order valence-electron chi connectivity index (χ1n) is 8.26. The van der Waals surface area contributed by atoms with E-state index in [0.29, 0.717) is 12.3 Å². The SMILES string of the molecule is CCCCC(=O)O.CCCCCCCC(C)C(C)(C)N. The lowest BCUT2D eigenvalue weighted by atomic mass is 9.86. The predicted molar refractivity (Wildman–Crippen MR) is 88.0 cm³/mol. The van der Waals surface area contributed by atoms with Crippen molar-refractivity contribution in [3.8, 4) is 0 Å². The van der Waals surface area contributed by atoms with Crippen LogP contribution in [0.1, 0.15) is 92.4 Å². The number of nitrogens with two attached hydrogens (primary N) is 1. The molecule has 0 aliphatic heterocycles. The Morgan fingerprint density at radius 3 is 1.90 bits per heavy atom. The minimum atomic E-state index is -0.693. The van der Waals surface area contributed by atoms with Gasteiger partial charge in [0.1, 0.15) is 0 Å². The molecule has 0 aromatic heterocycles. The van der Waals surface area contributed by atoms with Gasteiger partial charge in [-0.15, -0.1) is 0 Å². The summed E-state index contributed by atoms with van der Waals surface area (Å²) in [4.78, 5) is 9.76. The van der Waals surface area contributed by atoms with Crippen molar-refractivity contribution in [1.29, 1.82) is 0 Å². The Morgan fingerprint density at radius 2 is 1.55 bits per heavy atom. The summed E-state index contributed by atoms with van der Waals surface area (Å²) in [5.41, 5.74) is 6.02. The Balaban J connectivity index is 0. The van der Waals surface area contributed by atoms with E-state index in [4.69, 9.17) is 10.8 Å². The molecule has 0 spiro atoms. The highest BCUT2D eigenvalue weighted by atomic mass is 16.4. The Kier molecular flexibility index (Phi) is 14.6. The first-order valence-corrected chi connectivity index (χ1v) is 8.26. The van der Waals surface area contributed by atoms with Gasteiger partial charge >= 0.3 is 5.97 Å². The van der Waals surface area contributed by atoms with E-state index in [-0.39, 0.29) is 5.54 Å². The molecule has 0 saturated heterocycles. The third kappa shape index (κ3) is 17.4. The van der Waals surface area contributed by atoms with E-state index >= 15 is 0 Å². The van der Waals surface area contributed by atoms with Crippen LogP contribution in [-0.2, 0) is 4.79 Å². The van der Waals surface area contributed by atoms with Crippen LogP contribution in [-0.4, -0.2) is 16.6 Å². The second kappa shape index (κ2) is 13.4. The van der Waals surface area contributed by atoms with Crippen molar-refractivity contribution in [1.82, 2.24) is 0 Å². The highest BCUT2D eigenvalue weighted by molar-refractivity contribution is 5.66. The fourth-order valence-electron chi connectivity index (χ4n) is 1.75. The van der Waals surface area contributed by atoms with Crippen LogP contribution in [0.15, 0.2) is 0 Å². The molecule has 0 radical (unpaired) electrons.